The third-order valence-electron chi connectivity index (χ3n) is 3.83. The molecule has 1 fully saturated rings. The van der Waals surface area contributed by atoms with Crippen LogP contribution in [-0.2, 0) is 4.74 Å². The molecule has 1 heterocycles. The predicted octanol–water partition coefficient (Wildman–Crippen LogP) is 3.42. The third kappa shape index (κ3) is 2.57. The highest BCUT2D eigenvalue weighted by Gasteiger charge is 2.48. The summed E-state index contributed by atoms with van der Waals surface area (Å²) in [6, 6.07) is 6.33. The Kier molecular flexibility index (Phi) is 3.24. The second-order valence-electron chi connectivity index (χ2n) is 6.35. The largest absolute Gasteiger partial charge is 0.369 e. The highest BCUT2D eigenvalue weighted by Crippen LogP contribution is 2.46. The number of ether oxygens (including phenoxy) is 1. The molecule has 0 aliphatic carbocycles. The van der Waals surface area contributed by atoms with Crippen LogP contribution in [0.15, 0.2) is 24.3 Å². The van der Waals surface area contributed by atoms with E-state index in [1.54, 1.807) is 12.1 Å². The Labute approximate surface area is 108 Å². The van der Waals surface area contributed by atoms with Crippen molar-refractivity contribution in [1.29, 1.82) is 0 Å². The molecule has 2 nitrogen and oxygen atoms in total. The Morgan fingerprint density at radius 2 is 1.78 bits per heavy atom. The fraction of sp³-hybridized carbons (Fsp3) is 0.600. The van der Waals surface area contributed by atoms with E-state index in [2.05, 4.69) is 27.7 Å². The molecule has 1 aromatic rings. The van der Waals surface area contributed by atoms with Crippen molar-refractivity contribution in [2.45, 2.75) is 51.4 Å². The van der Waals surface area contributed by atoms with Crippen molar-refractivity contribution in [2.75, 3.05) is 0 Å². The van der Waals surface area contributed by atoms with Gasteiger partial charge in [0.2, 0.25) is 0 Å². The first-order valence-electron chi connectivity index (χ1n) is 6.42. The van der Waals surface area contributed by atoms with Gasteiger partial charge in [-0.2, -0.15) is 0 Å². The summed E-state index contributed by atoms with van der Waals surface area (Å²) in [7, 11) is 0. The van der Waals surface area contributed by atoms with Crippen LogP contribution >= 0.6 is 0 Å². The lowest BCUT2D eigenvalue weighted by atomic mass is 9.79. The molecule has 1 saturated heterocycles. The highest BCUT2D eigenvalue weighted by atomic mass is 19.1. The summed E-state index contributed by atoms with van der Waals surface area (Å²) in [5, 5.41) is 0. The van der Waals surface area contributed by atoms with Gasteiger partial charge in [0.15, 0.2) is 0 Å². The lowest BCUT2D eigenvalue weighted by Gasteiger charge is -2.31. The van der Waals surface area contributed by atoms with E-state index in [1.807, 2.05) is 0 Å². The van der Waals surface area contributed by atoms with E-state index in [-0.39, 0.29) is 29.0 Å². The van der Waals surface area contributed by atoms with Gasteiger partial charge in [0, 0.05) is 12.0 Å². The topological polar surface area (TPSA) is 35.2 Å². The number of halogens is 1. The lowest BCUT2D eigenvalue weighted by Crippen LogP contribution is -2.35. The van der Waals surface area contributed by atoms with Gasteiger partial charge in [0.1, 0.15) is 5.82 Å². The van der Waals surface area contributed by atoms with Crippen molar-refractivity contribution in [2.24, 2.45) is 11.7 Å². The van der Waals surface area contributed by atoms with Crippen molar-refractivity contribution in [3.63, 3.8) is 0 Å². The van der Waals surface area contributed by atoms with Crippen molar-refractivity contribution >= 4 is 0 Å². The Morgan fingerprint density at radius 3 is 2.22 bits per heavy atom. The summed E-state index contributed by atoms with van der Waals surface area (Å²) < 4.78 is 19.0. The molecule has 2 rings (SSSR count). The van der Waals surface area contributed by atoms with Crippen LogP contribution in [0.2, 0.25) is 0 Å². The summed E-state index contributed by atoms with van der Waals surface area (Å²) in [6.07, 6.45) is 0.915. The van der Waals surface area contributed by atoms with E-state index in [0.717, 1.165) is 12.0 Å². The van der Waals surface area contributed by atoms with Gasteiger partial charge in [-0.1, -0.05) is 12.1 Å². The second kappa shape index (κ2) is 4.32. The van der Waals surface area contributed by atoms with Crippen LogP contribution in [0.4, 0.5) is 4.39 Å². The minimum atomic E-state index is -0.253. The van der Waals surface area contributed by atoms with Crippen LogP contribution in [-0.4, -0.2) is 11.2 Å². The van der Waals surface area contributed by atoms with Gasteiger partial charge >= 0.3 is 0 Å². The maximum absolute atomic E-state index is 12.9. The summed E-state index contributed by atoms with van der Waals surface area (Å²) in [6.45, 7) is 8.34. The molecule has 2 atom stereocenters. The number of rotatable bonds is 2. The minimum Gasteiger partial charge on any atom is -0.369 e. The maximum atomic E-state index is 12.9. The quantitative estimate of drug-likeness (QED) is 0.874. The SMILES string of the molecule is CC1(C)CC(C(N)c2ccc(F)cc2)C(C)(C)O1. The van der Waals surface area contributed by atoms with Crippen molar-refractivity contribution < 1.29 is 9.13 Å². The monoisotopic (exact) mass is 251 g/mol. The van der Waals surface area contributed by atoms with Crippen LogP contribution in [0.3, 0.4) is 0 Å². The van der Waals surface area contributed by atoms with Gasteiger partial charge in [0.05, 0.1) is 11.2 Å². The molecule has 1 aromatic carbocycles. The summed E-state index contributed by atoms with van der Waals surface area (Å²) in [5.41, 5.74) is 6.91. The molecule has 1 aliphatic rings. The molecule has 2 N–H and O–H groups in total. The van der Waals surface area contributed by atoms with Crippen LogP contribution in [0, 0.1) is 11.7 Å². The summed E-state index contributed by atoms with van der Waals surface area (Å²) >= 11 is 0. The van der Waals surface area contributed by atoms with E-state index < -0.39 is 0 Å². The molecule has 0 radical (unpaired) electrons. The first-order valence-corrected chi connectivity index (χ1v) is 6.42. The van der Waals surface area contributed by atoms with E-state index in [0.29, 0.717) is 0 Å². The highest BCUT2D eigenvalue weighted by molar-refractivity contribution is 5.22. The molecule has 18 heavy (non-hydrogen) atoms. The third-order valence-corrected chi connectivity index (χ3v) is 3.83. The number of hydrogen-bond donors (Lipinski definition) is 1. The van der Waals surface area contributed by atoms with Gasteiger partial charge in [-0.25, -0.2) is 4.39 Å². The second-order valence-corrected chi connectivity index (χ2v) is 6.35. The Bertz CT molecular complexity index is 425. The average molecular weight is 251 g/mol. The Hall–Kier alpha value is -0.930. The smallest absolute Gasteiger partial charge is 0.123 e. The maximum Gasteiger partial charge on any atom is 0.123 e. The molecule has 2 unspecified atom stereocenters. The molecule has 0 saturated carbocycles. The van der Waals surface area contributed by atoms with Crippen LogP contribution in [0.5, 0.6) is 0 Å². The van der Waals surface area contributed by atoms with E-state index >= 15 is 0 Å². The van der Waals surface area contributed by atoms with Crippen LogP contribution in [0.25, 0.3) is 0 Å². The zero-order valence-corrected chi connectivity index (χ0v) is 11.5. The Balaban J connectivity index is 2.23. The molecule has 100 valence electrons. The summed E-state index contributed by atoms with van der Waals surface area (Å²) in [5.74, 6) is 0.00572. The van der Waals surface area contributed by atoms with Crippen molar-refractivity contribution in [3.05, 3.63) is 35.6 Å². The zero-order chi connectivity index (χ0) is 13.6. The molecule has 0 aromatic heterocycles. The molecular weight excluding hydrogens is 229 g/mol. The predicted molar refractivity (Wildman–Crippen MR) is 70.7 cm³/mol. The van der Waals surface area contributed by atoms with E-state index in [4.69, 9.17) is 10.5 Å². The standard InChI is InChI=1S/C15H22FNO/c1-14(2)9-12(15(3,4)18-14)13(17)10-5-7-11(16)8-6-10/h5-8,12-13H,9,17H2,1-4H3. The molecular formula is C15H22FNO. The minimum absolute atomic E-state index is 0.123. The molecule has 1 aliphatic heterocycles. The first-order chi connectivity index (χ1) is 8.21. The first kappa shape index (κ1) is 13.5. The number of nitrogens with two attached hydrogens (primary N) is 1. The van der Waals surface area contributed by atoms with Crippen LogP contribution in [0.1, 0.15) is 45.7 Å². The van der Waals surface area contributed by atoms with Gasteiger partial charge < -0.3 is 10.5 Å². The van der Waals surface area contributed by atoms with E-state index in [9.17, 15) is 4.39 Å². The molecule has 0 spiro atoms. The molecule has 3 heteroatoms. The molecule has 0 amide bonds. The average Bonchev–Trinajstić information content (AvgIpc) is 2.47. The lowest BCUT2D eigenvalue weighted by molar-refractivity contribution is -0.0767. The number of benzene rings is 1. The normalized spacial score (nSPS) is 27.1. The van der Waals surface area contributed by atoms with Gasteiger partial charge in [-0.3, -0.25) is 0 Å². The van der Waals surface area contributed by atoms with Gasteiger partial charge in [-0.05, 0) is 51.8 Å². The van der Waals surface area contributed by atoms with E-state index in [1.165, 1.54) is 12.1 Å². The van der Waals surface area contributed by atoms with Crippen molar-refractivity contribution in [1.82, 2.24) is 0 Å². The van der Waals surface area contributed by atoms with Crippen molar-refractivity contribution in [3.8, 4) is 0 Å². The van der Waals surface area contributed by atoms with Crippen LogP contribution < -0.4 is 5.73 Å². The van der Waals surface area contributed by atoms with Gasteiger partial charge in [0.25, 0.3) is 0 Å². The Morgan fingerprint density at radius 1 is 1.22 bits per heavy atom. The molecule has 0 bridgehead atoms. The summed E-state index contributed by atoms with van der Waals surface area (Å²) in [4.78, 5) is 0. The fourth-order valence-corrected chi connectivity index (χ4v) is 3.08. The fourth-order valence-electron chi connectivity index (χ4n) is 3.08. The number of hydrogen-bond acceptors (Lipinski definition) is 2. The van der Waals surface area contributed by atoms with Gasteiger partial charge in [-0.15, -0.1) is 0 Å². The zero-order valence-electron chi connectivity index (χ0n) is 11.5.